The molecule has 1 heterocycles. The van der Waals surface area contributed by atoms with Gasteiger partial charge in [0.05, 0.1) is 6.61 Å². The molecule has 1 aliphatic rings. The standard InChI is InChI=1S/C29H32F2N2O.2C4H4O4/c1-23(21-24-5-3-2-4-6-24)22-33-17-15-32(16-18-33)19-20-34-29(25-7-11-27(30)12-8-25)26-9-13-28(31)14-10-26;2*5-3(6)1-2-4(7)8/h2-14,29H,1,15-22H2;2*1-2H,(H,5,6)(H,7,8)/b;2*2-1-. The molecular weight excluding hydrogens is 654 g/mol. The minimum absolute atomic E-state index is 0.286. The monoisotopic (exact) mass is 694 g/mol. The molecule has 1 aliphatic heterocycles. The van der Waals surface area contributed by atoms with Crippen LogP contribution in [0.1, 0.15) is 22.8 Å². The summed E-state index contributed by atoms with van der Waals surface area (Å²) in [6, 6.07) is 23.1. The van der Waals surface area contributed by atoms with Crippen molar-refractivity contribution < 1.29 is 53.1 Å². The number of halogens is 2. The lowest BCUT2D eigenvalue weighted by molar-refractivity contribution is -0.134. The molecule has 11 nitrogen and oxygen atoms in total. The van der Waals surface area contributed by atoms with Crippen LogP contribution in [0.4, 0.5) is 8.78 Å². The summed E-state index contributed by atoms with van der Waals surface area (Å²) < 4.78 is 33.1. The zero-order valence-corrected chi connectivity index (χ0v) is 27.2. The lowest BCUT2D eigenvalue weighted by atomic mass is 10.0. The fraction of sp³-hybridized carbons (Fsp3) is 0.243. The minimum atomic E-state index is -1.26. The van der Waals surface area contributed by atoms with E-state index in [2.05, 4.69) is 40.6 Å². The fourth-order valence-corrected chi connectivity index (χ4v) is 4.67. The van der Waals surface area contributed by atoms with Crippen LogP contribution in [0.3, 0.4) is 0 Å². The molecule has 266 valence electrons. The Bertz CT molecular complexity index is 1480. The number of carboxylic acids is 4. The number of carbonyl (C=O) groups is 4. The number of piperazine rings is 1. The summed E-state index contributed by atoms with van der Waals surface area (Å²) in [5.41, 5.74) is 4.26. The molecule has 0 unspecified atom stereocenters. The quantitative estimate of drug-likeness (QED) is 0.134. The van der Waals surface area contributed by atoms with Gasteiger partial charge in [-0.1, -0.05) is 66.7 Å². The fourth-order valence-electron chi connectivity index (χ4n) is 4.67. The van der Waals surface area contributed by atoms with Crippen molar-refractivity contribution in [3.05, 3.63) is 144 Å². The third-order valence-corrected chi connectivity index (χ3v) is 6.98. The first-order valence-electron chi connectivity index (χ1n) is 15.4. The number of nitrogens with zero attached hydrogens (tertiary/aromatic N) is 2. The maximum Gasteiger partial charge on any atom is 0.328 e. The number of hydrogen-bond acceptors (Lipinski definition) is 7. The van der Waals surface area contributed by atoms with E-state index in [0.717, 1.165) is 56.8 Å². The van der Waals surface area contributed by atoms with Crippen LogP contribution in [-0.4, -0.2) is 100.0 Å². The lowest BCUT2D eigenvalue weighted by Crippen LogP contribution is -2.47. The lowest BCUT2D eigenvalue weighted by Gasteiger charge is -2.35. The molecule has 0 radical (unpaired) electrons. The van der Waals surface area contributed by atoms with Gasteiger partial charge in [-0.2, -0.15) is 0 Å². The van der Waals surface area contributed by atoms with Crippen molar-refractivity contribution in [2.45, 2.75) is 12.5 Å². The molecule has 13 heteroatoms. The Balaban J connectivity index is 0.000000450. The van der Waals surface area contributed by atoms with Crippen LogP contribution in [0.25, 0.3) is 0 Å². The third kappa shape index (κ3) is 17.6. The van der Waals surface area contributed by atoms with Crippen LogP contribution >= 0.6 is 0 Å². The van der Waals surface area contributed by atoms with E-state index in [1.807, 2.05) is 6.07 Å². The molecule has 0 bridgehead atoms. The molecule has 4 N–H and O–H groups in total. The molecule has 0 spiro atoms. The molecule has 3 aromatic rings. The molecule has 0 amide bonds. The molecule has 0 saturated carbocycles. The van der Waals surface area contributed by atoms with Gasteiger partial charge < -0.3 is 25.2 Å². The van der Waals surface area contributed by atoms with Gasteiger partial charge in [-0.3, -0.25) is 9.80 Å². The maximum absolute atomic E-state index is 13.4. The highest BCUT2D eigenvalue weighted by Crippen LogP contribution is 2.26. The van der Waals surface area contributed by atoms with Gasteiger partial charge in [0.1, 0.15) is 17.7 Å². The minimum Gasteiger partial charge on any atom is -0.478 e. The van der Waals surface area contributed by atoms with Crippen LogP contribution < -0.4 is 0 Å². The van der Waals surface area contributed by atoms with Gasteiger partial charge in [-0.15, -0.1) is 0 Å². The molecular formula is C37H40F2N2O9. The van der Waals surface area contributed by atoms with Gasteiger partial charge in [0.25, 0.3) is 0 Å². The van der Waals surface area contributed by atoms with Gasteiger partial charge in [0, 0.05) is 63.6 Å². The van der Waals surface area contributed by atoms with Crippen LogP contribution in [0.15, 0.2) is 115 Å². The average Bonchev–Trinajstić information content (AvgIpc) is 3.08. The van der Waals surface area contributed by atoms with E-state index < -0.39 is 23.9 Å². The summed E-state index contributed by atoms with van der Waals surface area (Å²) in [7, 11) is 0. The predicted molar refractivity (Wildman–Crippen MR) is 182 cm³/mol. The van der Waals surface area contributed by atoms with Crippen molar-refractivity contribution >= 4 is 23.9 Å². The largest absolute Gasteiger partial charge is 0.478 e. The zero-order chi connectivity index (χ0) is 36.9. The van der Waals surface area contributed by atoms with E-state index in [4.69, 9.17) is 25.2 Å². The van der Waals surface area contributed by atoms with Crippen LogP contribution in [0.5, 0.6) is 0 Å². The van der Waals surface area contributed by atoms with Gasteiger partial charge in [-0.25, -0.2) is 28.0 Å². The Kier molecular flexibility index (Phi) is 18.1. The SMILES string of the molecule is C=C(Cc1ccccc1)CN1CCN(CCOC(c2ccc(F)cc2)c2ccc(F)cc2)CC1.O=C(O)/C=C\C(=O)O.O=C(O)/C=C\C(=O)O. The van der Waals surface area contributed by atoms with Gasteiger partial charge in [0.15, 0.2) is 0 Å². The topological polar surface area (TPSA) is 165 Å². The molecule has 0 aliphatic carbocycles. The van der Waals surface area contributed by atoms with Gasteiger partial charge in [-0.05, 0) is 47.4 Å². The molecule has 1 saturated heterocycles. The van der Waals surface area contributed by atoms with Crippen molar-refractivity contribution in [2.24, 2.45) is 0 Å². The first-order valence-corrected chi connectivity index (χ1v) is 15.4. The zero-order valence-electron chi connectivity index (χ0n) is 27.2. The summed E-state index contributed by atoms with van der Waals surface area (Å²) in [5, 5.41) is 31.2. The molecule has 4 rings (SSSR count). The number of benzene rings is 3. The highest BCUT2D eigenvalue weighted by Gasteiger charge is 2.19. The smallest absolute Gasteiger partial charge is 0.328 e. The second kappa shape index (κ2) is 22.2. The summed E-state index contributed by atoms with van der Waals surface area (Å²) in [6.07, 6.45) is 2.79. The second-order valence-corrected chi connectivity index (χ2v) is 10.9. The number of ether oxygens (including phenoxy) is 1. The summed E-state index contributed by atoms with van der Waals surface area (Å²) in [4.78, 5) is 43.1. The van der Waals surface area contributed by atoms with E-state index in [0.29, 0.717) is 30.9 Å². The summed E-state index contributed by atoms with van der Waals surface area (Å²) in [5.74, 6) is -5.60. The molecule has 0 atom stereocenters. The first-order chi connectivity index (χ1) is 23.8. The second-order valence-electron chi connectivity index (χ2n) is 10.9. The van der Waals surface area contributed by atoms with E-state index in [1.54, 1.807) is 24.3 Å². The first kappa shape index (κ1) is 40.7. The third-order valence-electron chi connectivity index (χ3n) is 6.98. The molecule has 3 aromatic carbocycles. The number of hydrogen-bond donors (Lipinski definition) is 4. The Morgan fingerprint density at radius 3 is 1.46 bits per heavy atom. The highest BCUT2D eigenvalue weighted by atomic mass is 19.1. The normalized spacial score (nSPS) is 13.3. The van der Waals surface area contributed by atoms with E-state index in [1.165, 1.54) is 35.4 Å². The van der Waals surface area contributed by atoms with Crippen molar-refractivity contribution in [3.63, 3.8) is 0 Å². The van der Waals surface area contributed by atoms with Crippen molar-refractivity contribution in [1.29, 1.82) is 0 Å². The number of rotatable bonds is 14. The summed E-state index contributed by atoms with van der Waals surface area (Å²) in [6.45, 7) is 10.6. The highest BCUT2D eigenvalue weighted by molar-refractivity contribution is 5.90. The maximum atomic E-state index is 13.4. The number of aliphatic carboxylic acids is 4. The average molecular weight is 695 g/mol. The van der Waals surface area contributed by atoms with Crippen molar-refractivity contribution in [3.8, 4) is 0 Å². The Morgan fingerprint density at radius 2 is 1.06 bits per heavy atom. The molecule has 0 aromatic heterocycles. The van der Waals surface area contributed by atoms with Gasteiger partial charge in [0.2, 0.25) is 0 Å². The van der Waals surface area contributed by atoms with Crippen LogP contribution in [0, 0.1) is 11.6 Å². The van der Waals surface area contributed by atoms with Crippen molar-refractivity contribution in [1.82, 2.24) is 9.80 Å². The Morgan fingerprint density at radius 1 is 0.660 bits per heavy atom. The van der Waals surface area contributed by atoms with Crippen molar-refractivity contribution in [2.75, 3.05) is 45.9 Å². The molecule has 50 heavy (non-hydrogen) atoms. The van der Waals surface area contributed by atoms with E-state index in [9.17, 15) is 28.0 Å². The van der Waals surface area contributed by atoms with Crippen LogP contribution in [0.2, 0.25) is 0 Å². The summed E-state index contributed by atoms with van der Waals surface area (Å²) >= 11 is 0. The predicted octanol–water partition coefficient (Wildman–Crippen LogP) is 4.91. The van der Waals surface area contributed by atoms with Crippen LogP contribution in [-0.2, 0) is 30.3 Å². The molecule has 1 fully saturated rings. The van der Waals surface area contributed by atoms with E-state index in [-0.39, 0.29) is 17.7 Å². The number of carboxylic acid groups (broad SMARTS) is 4. The Hall–Kier alpha value is -5.50. The van der Waals surface area contributed by atoms with E-state index >= 15 is 0 Å². The van der Waals surface area contributed by atoms with Gasteiger partial charge >= 0.3 is 23.9 Å². The Labute approximate surface area is 288 Å².